The minimum absolute atomic E-state index is 0.704. The van der Waals surface area contributed by atoms with Gasteiger partial charge in [0.05, 0.1) is 5.69 Å². The Kier molecular flexibility index (Phi) is 3.75. The molecular formula is C12H14N2. The van der Waals surface area contributed by atoms with Gasteiger partial charge in [0.25, 0.3) is 0 Å². The highest BCUT2D eigenvalue weighted by atomic mass is 15.1. The molecule has 0 amide bonds. The second-order valence-electron chi connectivity index (χ2n) is 3.29. The van der Waals surface area contributed by atoms with Crippen LogP contribution in [0.25, 0.3) is 0 Å². The lowest BCUT2D eigenvalue weighted by Crippen LogP contribution is -2.17. The van der Waals surface area contributed by atoms with Crippen LogP contribution in [0.4, 0.5) is 5.69 Å². The molecule has 72 valence electrons. The summed E-state index contributed by atoms with van der Waals surface area (Å²) in [7, 11) is 0. The molecule has 2 nitrogen and oxygen atoms in total. The normalized spacial score (nSPS) is 9.14. The highest BCUT2D eigenvalue weighted by Crippen LogP contribution is 2.13. The van der Waals surface area contributed by atoms with E-state index in [-0.39, 0.29) is 0 Å². The van der Waals surface area contributed by atoms with E-state index in [0.29, 0.717) is 6.54 Å². The molecule has 0 spiro atoms. The minimum atomic E-state index is 0.704. The summed E-state index contributed by atoms with van der Waals surface area (Å²) in [5.41, 5.74) is 2.04. The Balaban J connectivity index is 2.65. The third kappa shape index (κ3) is 2.95. The van der Waals surface area contributed by atoms with Gasteiger partial charge in [-0.2, -0.15) is 5.26 Å². The first-order valence-electron chi connectivity index (χ1n) is 4.60. The Hall–Kier alpha value is -1.75. The molecule has 0 saturated heterocycles. The summed E-state index contributed by atoms with van der Waals surface area (Å²) in [6.07, 6.45) is 3.02. The zero-order valence-electron chi connectivity index (χ0n) is 8.40. The topological polar surface area (TPSA) is 27.0 Å². The summed E-state index contributed by atoms with van der Waals surface area (Å²) >= 11 is 0. The molecule has 0 saturated carbocycles. The van der Waals surface area contributed by atoms with Crippen LogP contribution in [-0.4, -0.2) is 6.54 Å². The van der Waals surface area contributed by atoms with E-state index < -0.39 is 0 Å². The second-order valence-corrected chi connectivity index (χ2v) is 3.29. The van der Waals surface area contributed by atoms with Crippen molar-refractivity contribution < 1.29 is 0 Å². The number of hydrogen-bond donors (Lipinski definition) is 0. The van der Waals surface area contributed by atoms with Gasteiger partial charge < -0.3 is 0 Å². The highest BCUT2D eigenvalue weighted by Gasteiger charge is 2.03. The fraction of sp³-hybridized carbons (Fsp3) is 0.250. The summed E-state index contributed by atoms with van der Waals surface area (Å²) in [4.78, 5) is 1.68. The van der Waals surface area contributed by atoms with Gasteiger partial charge in [0.2, 0.25) is 0 Å². The number of anilines is 1. The molecule has 2 heteroatoms. The molecule has 0 radical (unpaired) electrons. The van der Waals surface area contributed by atoms with E-state index in [1.807, 2.05) is 37.3 Å². The zero-order valence-corrected chi connectivity index (χ0v) is 8.40. The van der Waals surface area contributed by atoms with Crippen LogP contribution in [-0.2, 0) is 0 Å². The first-order valence-corrected chi connectivity index (χ1v) is 4.60. The van der Waals surface area contributed by atoms with Crippen molar-refractivity contribution in [3.05, 3.63) is 42.5 Å². The quantitative estimate of drug-likeness (QED) is 0.410. The van der Waals surface area contributed by atoms with E-state index in [0.717, 1.165) is 17.7 Å². The maximum absolute atomic E-state index is 8.94. The number of benzene rings is 1. The Morgan fingerprint density at radius 2 is 2.07 bits per heavy atom. The van der Waals surface area contributed by atoms with E-state index in [9.17, 15) is 0 Å². The van der Waals surface area contributed by atoms with Gasteiger partial charge >= 0.3 is 0 Å². The number of para-hydroxylation sites is 1. The van der Waals surface area contributed by atoms with Crippen LogP contribution in [0.5, 0.6) is 0 Å². The maximum Gasteiger partial charge on any atom is 0.184 e. The monoisotopic (exact) mass is 186 g/mol. The summed E-state index contributed by atoms with van der Waals surface area (Å²) in [6, 6.07) is 9.67. The average Bonchev–Trinajstić information content (AvgIpc) is 2.20. The van der Waals surface area contributed by atoms with Crippen LogP contribution in [0.15, 0.2) is 42.5 Å². The van der Waals surface area contributed by atoms with Crippen LogP contribution in [0.2, 0.25) is 0 Å². The van der Waals surface area contributed by atoms with Crippen molar-refractivity contribution in [2.75, 3.05) is 11.4 Å². The Bertz CT molecular complexity index is 335. The maximum atomic E-state index is 8.94. The van der Waals surface area contributed by atoms with E-state index in [4.69, 9.17) is 5.26 Å². The van der Waals surface area contributed by atoms with Crippen molar-refractivity contribution in [1.29, 1.82) is 5.26 Å². The number of nitriles is 1. The fourth-order valence-electron chi connectivity index (χ4n) is 1.15. The molecular weight excluding hydrogens is 172 g/mol. The molecule has 0 unspecified atom stereocenters. The Labute approximate surface area is 85.1 Å². The van der Waals surface area contributed by atoms with Crippen LogP contribution in [0.3, 0.4) is 0 Å². The molecule has 0 aliphatic heterocycles. The van der Waals surface area contributed by atoms with Gasteiger partial charge in [-0.25, -0.2) is 0 Å². The lowest BCUT2D eigenvalue weighted by atomic mass is 10.2. The van der Waals surface area contributed by atoms with Crippen LogP contribution < -0.4 is 4.90 Å². The van der Waals surface area contributed by atoms with Gasteiger partial charge in [-0.15, -0.1) is 6.58 Å². The minimum Gasteiger partial charge on any atom is -0.279 e. The van der Waals surface area contributed by atoms with Gasteiger partial charge in [0, 0.05) is 6.54 Å². The van der Waals surface area contributed by atoms with Gasteiger partial charge in [0.1, 0.15) is 0 Å². The summed E-state index contributed by atoms with van der Waals surface area (Å²) in [5.74, 6) is 0. The third-order valence-electron chi connectivity index (χ3n) is 1.95. The van der Waals surface area contributed by atoms with Gasteiger partial charge in [0.15, 0.2) is 6.19 Å². The van der Waals surface area contributed by atoms with Gasteiger partial charge in [-0.05, 0) is 25.5 Å². The van der Waals surface area contributed by atoms with E-state index in [1.54, 1.807) is 4.90 Å². The molecule has 1 rings (SSSR count). The second kappa shape index (κ2) is 5.08. The predicted octanol–water partition coefficient (Wildman–Crippen LogP) is 2.94. The molecule has 0 N–H and O–H groups in total. The van der Waals surface area contributed by atoms with Crippen molar-refractivity contribution in [2.24, 2.45) is 0 Å². The molecule has 0 bridgehead atoms. The predicted molar refractivity (Wildman–Crippen MR) is 58.8 cm³/mol. The zero-order chi connectivity index (χ0) is 10.4. The van der Waals surface area contributed by atoms with E-state index >= 15 is 0 Å². The van der Waals surface area contributed by atoms with Gasteiger partial charge in [-0.1, -0.05) is 23.8 Å². The summed E-state index contributed by atoms with van der Waals surface area (Å²) < 4.78 is 0. The van der Waals surface area contributed by atoms with E-state index in [2.05, 4.69) is 12.8 Å². The Morgan fingerprint density at radius 1 is 1.43 bits per heavy atom. The Morgan fingerprint density at radius 3 is 2.57 bits per heavy atom. The lowest BCUT2D eigenvalue weighted by molar-refractivity contribution is 0.906. The smallest absolute Gasteiger partial charge is 0.184 e. The SMILES string of the molecule is C=C(C)CCN(C#N)c1ccccc1. The molecule has 0 aromatic heterocycles. The van der Waals surface area contributed by atoms with Crippen molar-refractivity contribution >= 4 is 5.69 Å². The molecule has 1 aromatic carbocycles. The van der Waals surface area contributed by atoms with Crippen molar-refractivity contribution in [2.45, 2.75) is 13.3 Å². The summed E-state index contributed by atoms with van der Waals surface area (Å²) in [6.45, 7) is 6.50. The van der Waals surface area contributed by atoms with Crippen molar-refractivity contribution in [3.63, 3.8) is 0 Å². The number of rotatable bonds is 4. The molecule has 1 aromatic rings. The lowest BCUT2D eigenvalue weighted by Gasteiger charge is -2.14. The highest BCUT2D eigenvalue weighted by molar-refractivity contribution is 5.49. The molecule has 0 fully saturated rings. The molecule has 0 atom stereocenters. The molecule has 0 aliphatic rings. The van der Waals surface area contributed by atoms with Crippen LogP contribution in [0, 0.1) is 11.5 Å². The van der Waals surface area contributed by atoms with Gasteiger partial charge in [-0.3, -0.25) is 4.90 Å². The molecule has 0 heterocycles. The largest absolute Gasteiger partial charge is 0.279 e. The third-order valence-corrected chi connectivity index (χ3v) is 1.95. The number of hydrogen-bond acceptors (Lipinski definition) is 2. The van der Waals surface area contributed by atoms with Crippen LogP contribution >= 0.6 is 0 Å². The standard InChI is InChI=1S/C12H14N2/c1-11(2)8-9-14(10-13)12-6-4-3-5-7-12/h3-7H,1,8-9H2,2H3. The van der Waals surface area contributed by atoms with Crippen molar-refractivity contribution in [3.8, 4) is 6.19 Å². The first-order chi connectivity index (χ1) is 6.74. The fourth-order valence-corrected chi connectivity index (χ4v) is 1.15. The molecule has 0 aliphatic carbocycles. The number of nitrogens with zero attached hydrogens (tertiary/aromatic N) is 2. The van der Waals surface area contributed by atoms with Crippen LogP contribution in [0.1, 0.15) is 13.3 Å². The summed E-state index contributed by atoms with van der Waals surface area (Å²) in [5, 5.41) is 8.94. The molecule has 14 heavy (non-hydrogen) atoms. The van der Waals surface area contributed by atoms with Crippen molar-refractivity contribution in [1.82, 2.24) is 0 Å². The first kappa shape index (κ1) is 10.3. The average molecular weight is 186 g/mol. The van der Waals surface area contributed by atoms with E-state index in [1.165, 1.54) is 0 Å².